The van der Waals surface area contributed by atoms with Gasteiger partial charge in [-0.15, -0.1) is 0 Å². The Morgan fingerprint density at radius 2 is 1.76 bits per heavy atom. The fourth-order valence-corrected chi connectivity index (χ4v) is 5.00. The SMILES string of the molecule is CCCCc1ccc(S(=O)(=O)c2cnc(SCC(=O)NCc3ccc(OC)cc3)[nH]c2=O)cc1. The molecule has 1 amide bonds. The summed E-state index contributed by atoms with van der Waals surface area (Å²) in [4.78, 5) is 30.7. The topological polar surface area (TPSA) is 118 Å². The number of hydrogen-bond donors (Lipinski definition) is 2. The molecule has 1 aromatic heterocycles. The van der Waals surface area contributed by atoms with Crippen LogP contribution in [0.1, 0.15) is 30.9 Å². The smallest absolute Gasteiger partial charge is 0.270 e. The van der Waals surface area contributed by atoms with Crippen LogP contribution in [0.25, 0.3) is 0 Å². The Bertz CT molecular complexity index is 1270. The minimum Gasteiger partial charge on any atom is -0.497 e. The number of nitrogens with zero attached hydrogens (tertiary/aromatic N) is 1. The van der Waals surface area contributed by atoms with Crippen molar-refractivity contribution in [2.45, 2.75) is 47.7 Å². The van der Waals surface area contributed by atoms with Crippen molar-refractivity contribution in [2.75, 3.05) is 12.9 Å². The van der Waals surface area contributed by atoms with Gasteiger partial charge in [-0.1, -0.05) is 49.4 Å². The van der Waals surface area contributed by atoms with Gasteiger partial charge in [0.2, 0.25) is 15.7 Å². The van der Waals surface area contributed by atoms with E-state index in [2.05, 4.69) is 22.2 Å². The average Bonchev–Trinajstić information content (AvgIpc) is 2.85. The van der Waals surface area contributed by atoms with Gasteiger partial charge in [-0.3, -0.25) is 9.59 Å². The molecule has 3 rings (SSSR count). The molecule has 180 valence electrons. The van der Waals surface area contributed by atoms with Crippen molar-refractivity contribution in [1.29, 1.82) is 0 Å². The highest BCUT2D eigenvalue weighted by Crippen LogP contribution is 2.20. The molecule has 1 heterocycles. The third-order valence-electron chi connectivity index (χ3n) is 5.07. The number of H-pyrrole nitrogens is 1. The second kappa shape index (κ2) is 11.8. The number of aryl methyl sites for hydroxylation is 1. The van der Waals surface area contributed by atoms with Crippen LogP contribution in [0, 0.1) is 0 Å². The molecule has 0 aliphatic heterocycles. The lowest BCUT2D eigenvalue weighted by atomic mass is 10.1. The van der Waals surface area contributed by atoms with Crippen LogP contribution >= 0.6 is 11.8 Å². The van der Waals surface area contributed by atoms with Gasteiger partial charge in [0.05, 0.1) is 24.0 Å². The van der Waals surface area contributed by atoms with Crippen molar-refractivity contribution >= 4 is 27.5 Å². The molecule has 3 aromatic rings. The molecule has 0 spiro atoms. The number of unbranched alkanes of at least 4 members (excludes halogenated alkanes) is 1. The Labute approximate surface area is 203 Å². The fraction of sp³-hybridized carbons (Fsp3) is 0.292. The van der Waals surface area contributed by atoms with Crippen molar-refractivity contribution in [3.63, 3.8) is 0 Å². The second-order valence-corrected chi connectivity index (χ2v) is 10.4. The lowest BCUT2D eigenvalue weighted by Gasteiger charge is -2.07. The zero-order valence-electron chi connectivity index (χ0n) is 19.0. The number of rotatable bonds is 11. The minimum atomic E-state index is -4.00. The maximum atomic E-state index is 12.9. The van der Waals surface area contributed by atoms with Crippen LogP contribution in [0.2, 0.25) is 0 Å². The summed E-state index contributed by atoms with van der Waals surface area (Å²) in [5.41, 5.74) is 1.19. The van der Waals surface area contributed by atoms with Gasteiger partial charge in [0.15, 0.2) is 10.1 Å². The van der Waals surface area contributed by atoms with E-state index in [-0.39, 0.29) is 21.7 Å². The second-order valence-electron chi connectivity index (χ2n) is 7.55. The first kappa shape index (κ1) is 25.5. The first-order valence-electron chi connectivity index (χ1n) is 10.8. The number of aromatic nitrogens is 2. The third-order valence-corrected chi connectivity index (χ3v) is 7.72. The van der Waals surface area contributed by atoms with Crippen LogP contribution in [0.15, 0.2) is 74.5 Å². The van der Waals surface area contributed by atoms with Gasteiger partial charge in [0, 0.05) is 6.54 Å². The monoisotopic (exact) mass is 501 g/mol. The highest BCUT2D eigenvalue weighted by molar-refractivity contribution is 7.99. The van der Waals surface area contributed by atoms with Crippen LogP contribution in [-0.4, -0.2) is 37.2 Å². The normalized spacial score (nSPS) is 11.2. The highest BCUT2D eigenvalue weighted by Gasteiger charge is 2.22. The predicted molar refractivity (Wildman–Crippen MR) is 131 cm³/mol. The van der Waals surface area contributed by atoms with E-state index in [1.54, 1.807) is 31.4 Å². The summed E-state index contributed by atoms with van der Waals surface area (Å²) in [6.45, 7) is 2.44. The van der Waals surface area contributed by atoms with Gasteiger partial charge in [-0.25, -0.2) is 13.4 Å². The molecule has 0 aliphatic rings. The summed E-state index contributed by atoms with van der Waals surface area (Å²) in [5.74, 6) is 0.503. The number of sulfone groups is 1. The van der Waals surface area contributed by atoms with Crippen molar-refractivity contribution in [2.24, 2.45) is 0 Å². The van der Waals surface area contributed by atoms with Gasteiger partial charge in [-0.05, 0) is 48.2 Å². The molecule has 2 aromatic carbocycles. The maximum absolute atomic E-state index is 12.9. The Balaban J connectivity index is 1.59. The first-order chi connectivity index (χ1) is 16.3. The van der Waals surface area contributed by atoms with Crippen molar-refractivity contribution in [3.8, 4) is 5.75 Å². The van der Waals surface area contributed by atoms with Gasteiger partial charge < -0.3 is 15.0 Å². The van der Waals surface area contributed by atoms with E-state index >= 15 is 0 Å². The number of carbonyl (C=O) groups excluding carboxylic acids is 1. The van der Waals surface area contributed by atoms with Crippen LogP contribution in [0.3, 0.4) is 0 Å². The molecule has 0 bridgehead atoms. The summed E-state index contributed by atoms with van der Waals surface area (Å²) in [5, 5.41) is 2.94. The number of aromatic amines is 1. The van der Waals surface area contributed by atoms with Gasteiger partial charge in [0.1, 0.15) is 5.75 Å². The number of methoxy groups -OCH3 is 1. The van der Waals surface area contributed by atoms with Crippen LogP contribution < -0.4 is 15.6 Å². The largest absolute Gasteiger partial charge is 0.497 e. The summed E-state index contributed by atoms with van der Waals surface area (Å²) in [6.07, 6.45) is 3.99. The lowest BCUT2D eigenvalue weighted by molar-refractivity contribution is -0.118. The minimum absolute atomic E-state index is 0.0183. The number of hydrogen-bond acceptors (Lipinski definition) is 7. The average molecular weight is 502 g/mol. The predicted octanol–water partition coefficient (Wildman–Crippen LogP) is 3.36. The molecule has 10 heteroatoms. The van der Waals surface area contributed by atoms with Crippen LogP contribution in [0.5, 0.6) is 5.75 Å². The van der Waals surface area contributed by atoms with Gasteiger partial charge in [-0.2, -0.15) is 0 Å². The third kappa shape index (κ3) is 6.71. The Kier molecular flexibility index (Phi) is 8.89. The quantitative estimate of drug-likeness (QED) is 0.305. The van der Waals surface area contributed by atoms with Crippen LogP contribution in [-0.2, 0) is 27.6 Å². The number of nitrogens with one attached hydrogen (secondary N) is 2. The molecule has 8 nitrogen and oxygen atoms in total. The molecular weight excluding hydrogens is 474 g/mol. The number of benzene rings is 2. The number of ether oxygens (including phenoxy) is 1. The zero-order valence-corrected chi connectivity index (χ0v) is 20.7. The van der Waals surface area contributed by atoms with Crippen molar-refractivity contribution < 1.29 is 17.9 Å². The maximum Gasteiger partial charge on any atom is 0.270 e. The standard InChI is InChI=1S/C24H27N3O5S2/c1-3-4-5-17-8-12-20(13-9-17)34(30,31)21-15-26-24(27-23(21)29)33-16-22(28)25-14-18-6-10-19(32-2)11-7-18/h6-13,15H,3-5,14,16H2,1-2H3,(H,25,28)(H,26,27,29). The fourth-order valence-electron chi connectivity index (χ4n) is 3.10. The molecular formula is C24H27N3O5S2. The molecule has 34 heavy (non-hydrogen) atoms. The summed E-state index contributed by atoms with van der Waals surface area (Å²) in [6, 6.07) is 13.9. The van der Waals surface area contributed by atoms with Crippen molar-refractivity contribution in [1.82, 2.24) is 15.3 Å². The van der Waals surface area contributed by atoms with E-state index in [1.807, 2.05) is 12.1 Å². The zero-order chi connectivity index (χ0) is 24.6. The molecule has 0 aliphatic carbocycles. The molecule has 0 fully saturated rings. The van der Waals surface area contributed by atoms with E-state index < -0.39 is 20.3 Å². The van der Waals surface area contributed by atoms with Gasteiger partial charge in [0.25, 0.3) is 5.56 Å². The van der Waals surface area contributed by atoms with Crippen LogP contribution in [0.4, 0.5) is 0 Å². The number of thioether (sulfide) groups is 1. The Morgan fingerprint density at radius 1 is 1.09 bits per heavy atom. The van der Waals surface area contributed by atoms with Gasteiger partial charge >= 0.3 is 0 Å². The van der Waals surface area contributed by atoms with E-state index in [9.17, 15) is 18.0 Å². The summed E-state index contributed by atoms with van der Waals surface area (Å²) < 4.78 is 30.9. The molecule has 2 N–H and O–H groups in total. The van der Waals surface area contributed by atoms with E-state index in [0.717, 1.165) is 54.1 Å². The Hall–Kier alpha value is -3.11. The molecule has 0 atom stereocenters. The lowest BCUT2D eigenvalue weighted by Crippen LogP contribution is -2.25. The number of amides is 1. The van der Waals surface area contributed by atoms with E-state index in [1.165, 1.54) is 12.1 Å². The number of carbonyl (C=O) groups is 1. The highest BCUT2D eigenvalue weighted by atomic mass is 32.2. The Morgan fingerprint density at radius 3 is 2.38 bits per heavy atom. The van der Waals surface area contributed by atoms with E-state index in [0.29, 0.717) is 6.54 Å². The molecule has 0 radical (unpaired) electrons. The van der Waals surface area contributed by atoms with E-state index in [4.69, 9.17) is 4.74 Å². The first-order valence-corrected chi connectivity index (χ1v) is 13.3. The molecule has 0 unspecified atom stereocenters. The van der Waals surface area contributed by atoms with Crippen molar-refractivity contribution in [3.05, 3.63) is 76.2 Å². The summed E-state index contributed by atoms with van der Waals surface area (Å²) >= 11 is 1.02. The summed E-state index contributed by atoms with van der Waals surface area (Å²) in [7, 11) is -2.42. The molecule has 0 saturated carbocycles. The molecule has 0 saturated heterocycles.